The van der Waals surface area contributed by atoms with Crippen molar-refractivity contribution in [3.63, 3.8) is 0 Å². The Balaban J connectivity index is 0. The molecule has 0 aromatic carbocycles. The van der Waals surface area contributed by atoms with Crippen LogP contribution in [0.4, 0.5) is 0 Å². The minimum absolute atomic E-state index is 0. The van der Waals surface area contributed by atoms with Crippen LogP contribution in [0.3, 0.4) is 0 Å². The van der Waals surface area contributed by atoms with E-state index < -0.39 is 0 Å². The predicted molar refractivity (Wildman–Crippen MR) is 14.4 cm³/mol. The van der Waals surface area contributed by atoms with Crippen molar-refractivity contribution in [1.29, 1.82) is 0 Å². The molecular formula is H4BiO4-4. The molecule has 0 aliphatic carbocycles. The van der Waals surface area contributed by atoms with Gasteiger partial charge in [-0.1, -0.05) is 0 Å². The third kappa shape index (κ3) is 67.0. The molecule has 0 aromatic heterocycles. The molecule has 4 N–H and O–H groups in total. The number of hydrogen-bond acceptors (Lipinski definition) is 0. The zero-order chi connectivity index (χ0) is 0. The van der Waals surface area contributed by atoms with E-state index in [9.17, 15) is 0 Å². The summed E-state index contributed by atoms with van der Waals surface area (Å²) in [7, 11) is 0. The quantitative estimate of drug-likeness (QED) is 0.444. The molecule has 5 heavy (non-hydrogen) atoms. The van der Waals surface area contributed by atoms with Crippen LogP contribution in [0, 0.1) is 0 Å². The molecular weight excluding hydrogens is 273 g/mol. The second-order valence-corrected chi connectivity index (χ2v) is 0. The van der Waals surface area contributed by atoms with E-state index in [1.54, 1.807) is 0 Å². The Labute approximate surface area is 48.5 Å². The molecule has 0 fully saturated rings. The minimum atomic E-state index is 0. The Hall–Kier alpha value is 0.723. The zero-order valence-corrected chi connectivity index (χ0v) is 5.74. The number of rotatable bonds is 0. The molecule has 0 aromatic rings. The molecule has 0 atom stereocenters. The fraction of sp³-hybridized carbons (Fsp3) is 0. The average molecular weight is 277 g/mol. The van der Waals surface area contributed by atoms with Crippen molar-refractivity contribution in [3.05, 3.63) is 0 Å². The smallest absolute Gasteiger partial charge is 0 e. The molecule has 0 aliphatic rings. The summed E-state index contributed by atoms with van der Waals surface area (Å²) >= 11 is 0. The predicted octanol–water partition coefficient (Wildman–Crippen LogP) is -2.27. The first-order valence-electron chi connectivity index (χ1n) is 0. The summed E-state index contributed by atoms with van der Waals surface area (Å²) in [6.07, 6.45) is 0. The van der Waals surface area contributed by atoms with Crippen LogP contribution in [-0.2, 0) is 11.0 Å². The van der Waals surface area contributed by atoms with Crippen LogP contribution in [0.5, 0.6) is 0 Å². The maximum atomic E-state index is 0. The normalized spacial score (nSPS) is 0. The summed E-state index contributed by atoms with van der Waals surface area (Å²) in [5.74, 6) is 0. The van der Waals surface area contributed by atoms with Crippen molar-refractivity contribution < 1.29 is 21.9 Å². The van der Waals surface area contributed by atoms with E-state index >= 15 is 0 Å². The van der Waals surface area contributed by atoms with Crippen molar-refractivity contribution in [3.8, 4) is 0 Å². The van der Waals surface area contributed by atoms with Gasteiger partial charge >= 0.3 is 0 Å². The first-order chi connectivity index (χ1) is 0. The van der Waals surface area contributed by atoms with Gasteiger partial charge in [-0.05, 0) is 0 Å². The SMILES string of the molecule is O.O.[Bi].[O-2].[O-2]. The Morgan fingerprint density at radius 2 is 0.600 bits per heavy atom. The molecule has 37 valence electrons. The molecule has 0 rings (SSSR count). The van der Waals surface area contributed by atoms with E-state index in [0.717, 1.165) is 0 Å². The van der Waals surface area contributed by atoms with Gasteiger partial charge in [0.2, 0.25) is 0 Å². The van der Waals surface area contributed by atoms with E-state index in [2.05, 4.69) is 0 Å². The molecule has 0 saturated carbocycles. The van der Waals surface area contributed by atoms with Gasteiger partial charge in [-0.3, -0.25) is 0 Å². The van der Waals surface area contributed by atoms with Gasteiger partial charge in [0.15, 0.2) is 0 Å². The molecule has 0 amide bonds. The Kier molecular flexibility index (Phi) is 6110. The third-order valence-corrected chi connectivity index (χ3v) is 0. The van der Waals surface area contributed by atoms with Crippen LogP contribution in [0.25, 0.3) is 0 Å². The van der Waals surface area contributed by atoms with Crippen LogP contribution in [0.2, 0.25) is 0 Å². The monoisotopic (exact) mass is 277 g/mol. The van der Waals surface area contributed by atoms with Gasteiger partial charge in [0, 0.05) is 26.2 Å². The summed E-state index contributed by atoms with van der Waals surface area (Å²) in [4.78, 5) is 0. The van der Waals surface area contributed by atoms with Crippen LogP contribution < -0.4 is 0 Å². The molecule has 0 saturated heterocycles. The van der Waals surface area contributed by atoms with Gasteiger partial charge < -0.3 is 21.9 Å². The molecule has 0 unspecified atom stereocenters. The average Bonchev–Trinajstić information content (AvgIpc) is 0. The van der Waals surface area contributed by atoms with Crippen molar-refractivity contribution in [1.82, 2.24) is 0 Å². The summed E-state index contributed by atoms with van der Waals surface area (Å²) in [6, 6.07) is 0. The van der Waals surface area contributed by atoms with E-state index in [4.69, 9.17) is 0 Å². The standard InChI is InChI=1S/Bi.2H2O.2O/h;2*1H2;;/q;;;2*-2. The second-order valence-electron chi connectivity index (χ2n) is 0. The summed E-state index contributed by atoms with van der Waals surface area (Å²) in [5, 5.41) is 0. The van der Waals surface area contributed by atoms with E-state index in [1.807, 2.05) is 0 Å². The first kappa shape index (κ1) is 244. The van der Waals surface area contributed by atoms with E-state index in [0.29, 0.717) is 0 Å². The summed E-state index contributed by atoms with van der Waals surface area (Å²) in [5.41, 5.74) is 0. The Morgan fingerprint density at radius 1 is 0.600 bits per heavy atom. The third-order valence-electron chi connectivity index (χ3n) is 0. The van der Waals surface area contributed by atoms with Gasteiger partial charge in [-0.2, -0.15) is 0 Å². The van der Waals surface area contributed by atoms with Crippen LogP contribution in [-0.4, -0.2) is 37.2 Å². The van der Waals surface area contributed by atoms with Crippen LogP contribution in [0.15, 0.2) is 0 Å². The van der Waals surface area contributed by atoms with Crippen molar-refractivity contribution in [2.75, 3.05) is 0 Å². The molecule has 5 heteroatoms. The fourth-order valence-corrected chi connectivity index (χ4v) is 0. The van der Waals surface area contributed by atoms with Gasteiger partial charge in [0.25, 0.3) is 0 Å². The molecule has 4 nitrogen and oxygen atoms in total. The minimum Gasteiger partial charge on any atom is -2.00 e. The Bertz CT molecular complexity index is 3.61. The molecule has 0 aliphatic heterocycles. The number of hydrogen-bond donors (Lipinski definition) is 0. The fourth-order valence-electron chi connectivity index (χ4n) is 0. The van der Waals surface area contributed by atoms with Gasteiger partial charge in [-0.25, -0.2) is 0 Å². The van der Waals surface area contributed by atoms with Gasteiger partial charge in [-0.15, -0.1) is 0 Å². The van der Waals surface area contributed by atoms with Crippen LogP contribution in [0.1, 0.15) is 0 Å². The van der Waals surface area contributed by atoms with E-state index in [-0.39, 0.29) is 48.1 Å². The maximum absolute atomic E-state index is 0. The Morgan fingerprint density at radius 3 is 0.600 bits per heavy atom. The zero-order valence-electron chi connectivity index (χ0n) is 2.26. The molecule has 0 bridgehead atoms. The molecule has 3 radical (unpaired) electrons. The summed E-state index contributed by atoms with van der Waals surface area (Å²) in [6.45, 7) is 0. The first-order valence-corrected chi connectivity index (χ1v) is 0. The second kappa shape index (κ2) is 125. The van der Waals surface area contributed by atoms with Gasteiger partial charge in [0.05, 0.1) is 0 Å². The van der Waals surface area contributed by atoms with Crippen LogP contribution >= 0.6 is 0 Å². The maximum Gasteiger partial charge on any atom is 0 e. The molecule has 0 spiro atoms. The largest absolute Gasteiger partial charge is 2.00 e. The van der Waals surface area contributed by atoms with E-state index in [1.165, 1.54) is 0 Å². The summed E-state index contributed by atoms with van der Waals surface area (Å²) < 4.78 is 0. The topological polar surface area (TPSA) is 120 Å². The van der Waals surface area contributed by atoms with Crippen molar-refractivity contribution >= 4 is 26.2 Å². The van der Waals surface area contributed by atoms with Crippen molar-refractivity contribution in [2.24, 2.45) is 0 Å². The van der Waals surface area contributed by atoms with Crippen molar-refractivity contribution in [2.45, 2.75) is 0 Å². The molecule has 0 heterocycles. The van der Waals surface area contributed by atoms with Gasteiger partial charge in [0.1, 0.15) is 0 Å².